The number of hydrogen-bond donors (Lipinski definition) is 3. The summed E-state index contributed by atoms with van der Waals surface area (Å²) in [5, 5.41) is 15.9. The molecule has 1 unspecified atom stereocenters. The normalized spacial score (nSPS) is 21.1. The lowest BCUT2D eigenvalue weighted by molar-refractivity contribution is 0.118. The molecule has 0 bridgehead atoms. The van der Waals surface area contributed by atoms with Crippen LogP contribution in [0.1, 0.15) is 33.6 Å². The summed E-state index contributed by atoms with van der Waals surface area (Å²) in [7, 11) is 0. The summed E-state index contributed by atoms with van der Waals surface area (Å²) in [5.74, 6) is 0.877. The number of aliphatic hydroxyl groups is 1. The molecule has 0 saturated carbocycles. The third-order valence-corrected chi connectivity index (χ3v) is 3.37. The number of aliphatic imine (C=N–C) groups is 1. The molecule has 0 fully saturated rings. The van der Waals surface area contributed by atoms with Gasteiger partial charge in [0.05, 0.1) is 13.2 Å². The number of hydrogen-bond acceptors (Lipinski definition) is 4. The van der Waals surface area contributed by atoms with Gasteiger partial charge in [0.1, 0.15) is 0 Å². The van der Waals surface area contributed by atoms with Crippen LogP contribution in [0.2, 0.25) is 0 Å². The van der Waals surface area contributed by atoms with Gasteiger partial charge < -0.3 is 15.7 Å². The van der Waals surface area contributed by atoms with Crippen molar-refractivity contribution in [2.45, 2.75) is 39.7 Å². The predicted octanol–water partition coefficient (Wildman–Crippen LogP) is 0.722. The monoisotopic (exact) mass is 213 g/mol. The van der Waals surface area contributed by atoms with Crippen LogP contribution in [0.5, 0.6) is 0 Å². The lowest BCUT2D eigenvalue weighted by Crippen LogP contribution is -2.44. The van der Waals surface area contributed by atoms with Gasteiger partial charge in [0, 0.05) is 18.0 Å². The first kappa shape index (κ1) is 12.3. The molecule has 0 amide bonds. The van der Waals surface area contributed by atoms with Crippen molar-refractivity contribution < 1.29 is 5.11 Å². The third kappa shape index (κ3) is 3.09. The van der Waals surface area contributed by atoms with Gasteiger partial charge in [-0.25, -0.2) is 0 Å². The number of guanidine groups is 1. The van der Waals surface area contributed by atoms with E-state index in [2.05, 4.69) is 36.4 Å². The molecule has 0 aliphatic carbocycles. The van der Waals surface area contributed by atoms with E-state index in [0.717, 1.165) is 31.9 Å². The Labute approximate surface area is 92.2 Å². The largest absolute Gasteiger partial charge is 0.396 e. The van der Waals surface area contributed by atoms with Crippen LogP contribution in [0.15, 0.2) is 4.99 Å². The summed E-state index contributed by atoms with van der Waals surface area (Å²) in [6.07, 6.45) is 1.96. The quantitative estimate of drug-likeness (QED) is 0.631. The van der Waals surface area contributed by atoms with Gasteiger partial charge in [-0.1, -0.05) is 13.8 Å². The first-order chi connectivity index (χ1) is 7.15. The smallest absolute Gasteiger partial charge is 0.191 e. The van der Waals surface area contributed by atoms with Crippen LogP contribution in [0.3, 0.4) is 0 Å². The van der Waals surface area contributed by atoms with E-state index < -0.39 is 0 Å². The predicted molar refractivity (Wildman–Crippen MR) is 63.0 cm³/mol. The molecule has 1 atom stereocenters. The summed E-state index contributed by atoms with van der Waals surface area (Å²) in [5.41, 5.74) is -0.00394. The molecule has 3 N–H and O–H groups in total. The molecule has 0 radical (unpaired) electrons. The van der Waals surface area contributed by atoms with Crippen molar-refractivity contribution in [2.75, 3.05) is 19.7 Å². The van der Waals surface area contributed by atoms with Gasteiger partial charge in [-0.15, -0.1) is 0 Å². The molecule has 88 valence electrons. The number of nitrogens with zero attached hydrogens (tertiary/aromatic N) is 1. The maximum Gasteiger partial charge on any atom is 0.191 e. The van der Waals surface area contributed by atoms with Gasteiger partial charge in [-0.2, -0.15) is 0 Å². The second kappa shape index (κ2) is 5.35. The average molecular weight is 213 g/mol. The Morgan fingerprint density at radius 3 is 2.60 bits per heavy atom. The van der Waals surface area contributed by atoms with E-state index in [1.807, 2.05) is 0 Å². The molecule has 0 spiro atoms. The molecule has 15 heavy (non-hydrogen) atoms. The minimum atomic E-state index is -0.00394. The van der Waals surface area contributed by atoms with Crippen LogP contribution < -0.4 is 10.6 Å². The standard InChI is InChI=1S/C11H23N3O/c1-4-11(5-2,8-15)7-13-10-12-6-9(3)14-10/h9,15H,4-8H2,1-3H3,(H2,12,13,14). The SMILES string of the molecule is CCC(CC)(CO)CNC1=NCC(C)N1. The molecule has 0 aromatic carbocycles. The first-order valence-electron chi connectivity index (χ1n) is 5.81. The Bertz CT molecular complexity index is 216. The fourth-order valence-electron chi connectivity index (χ4n) is 1.71. The number of aliphatic hydroxyl groups excluding tert-OH is 1. The molecule has 4 heteroatoms. The van der Waals surface area contributed by atoms with Gasteiger partial charge in [-0.05, 0) is 19.8 Å². The zero-order valence-electron chi connectivity index (χ0n) is 10.0. The molecular formula is C11H23N3O. The summed E-state index contributed by atoms with van der Waals surface area (Å²) in [6.45, 7) is 8.20. The molecular weight excluding hydrogens is 190 g/mol. The van der Waals surface area contributed by atoms with Crippen molar-refractivity contribution in [1.82, 2.24) is 10.6 Å². The van der Waals surface area contributed by atoms with Crippen molar-refractivity contribution >= 4 is 5.96 Å². The molecule has 1 aliphatic rings. The van der Waals surface area contributed by atoms with Crippen LogP contribution in [0.25, 0.3) is 0 Å². The Morgan fingerprint density at radius 2 is 2.20 bits per heavy atom. The van der Waals surface area contributed by atoms with Crippen LogP contribution >= 0.6 is 0 Å². The highest BCUT2D eigenvalue weighted by molar-refractivity contribution is 5.81. The topological polar surface area (TPSA) is 56.6 Å². The van der Waals surface area contributed by atoms with E-state index in [9.17, 15) is 5.11 Å². The molecule has 4 nitrogen and oxygen atoms in total. The van der Waals surface area contributed by atoms with Crippen molar-refractivity contribution in [1.29, 1.82) is 0 Å². The number of rotatable bonds is 5. The van der Waals surface area contributed by atoms with Gasteiger partial charge in [0.15, 0.2) is 5.96 Å². The Hall–Kier alpha value is -0.770. The molecule has 0 saturated heterocycles. The number of nitrogens with one attached hydrogen (secondary N) is 2. The summed E-state index contributed by atoms with van der Waals surface area (Å²) >= 11 is 0. The van der Waals surface area contributed by atoms with Crippen LogP contribution in [0, 0.1) is 5.41 Å². The van der Waals surface area contributed by atoms with E-state index in [-0.39, 0.29) is 12.0 Å². The van der Waals surface area contributed by atoms with Gasteiger partial charge >= 0.3 is 0 Å². The lowest BCUT2D eigenvalue weighted by atomic mass is 9.83. The van der Waals surface area contributed by atoms with Crippen LogP contribution in [-0.2, 0) is 0 Å². The van der Waals surface area contributed by atoms with Crippen molar-refractivity contribution in [2.24, 2.45) is 10.4 Å². The van der Waals surface area contributed by atoms with Gasteiger partial charge in [0.2, 0.25) is 0 Å². The fourth-order valence-corrected chi connectivity index (χ4v) is 1.71. The molecule has 1 aliphatic heterocycles. The van der Waals surface area contributed by atoms with Gasteiger partial charge in [-0.3, -0.25) is 4.99 Å². The summed E-state index contributed by atoms with van der Waals surface area (Å²) < 4.78 is 0. The van der Waals surface area contributed by atoms with Crippen LogP contribution in [0.4, 0.5) is 0 Å². The van der Waals surface area contributed by atoms with Crippen LogP contribution in [-0.4, -0.2) is 36.8 Å². The van der Waals surface area contributed by atoms with E-state index in [4.69, 9.17) is 0 Å². The minimum absolute atomic E-state index is 0.00394. The van der Waals surface area contributed by atoms with Crippen molar-refractivity contribution in [3.8, 4) is 0 Å². The molecule has 0 aromatic rings. The molecule has 0 aromatic heterocycles. The van der Waals surface area contributed by atoms with E-state index in [1.165, 1.54) is 0 Å². The van der Waals surface area contributed by atoms with Crippen molar-refractivity contribution in [3.63, 3.8) is 0 Å². The first-order valence-corrected chi connectivity index (χ1v) is 5.81. The highest BCUT2D eigenvalue weighted by atomic mass is 16.3. The molecule has 1 rings (SSSR count). The minimum Gasteiger partial charge on any atom is -0.396 e. The van der Waals surface area contributed by atoms with Crippen molar-refractivity contribution in [3.05, 3.63) is 0 Å². The second-order valence-electron chi connectivity index (χ2n) is 4.45. The Balaban J connectivity index is 2.40. The Kier molecular flexibility index (Phi) is 4.39. The fraction of sp³-hybridized carbons (Fsp3) is 0.909. The van der Waals surface area contributed by atoms with Gasteiger partial charge in [0.25, 0.3) is 0 Å². The average Bonchev–Trinajstić information content (AvgIpc) is 2.67. The highest BCUT2D eigenvalue weighted by Crippen LogP contribution is 2.24. The van der Waals surface area contributed by atoms with E-state index in [0.29, 0.717) is 6.04 Å². The molecule has 1 heterocycles. The zero-order valence-corrected chi connectivity index (χ0v) is 10.0. The highest BCUT2D eigenvalue weighted by Gasteiger charge is 2.26. The maximum atomic E-state index is 9.40. The maximum absolute atomic E-state index is 9.40. The van der Waals surface area contributed by atoms with E-state index >= 15 is 0 Å². The van der Waals surface area contributed by atoms with E-state index in [1.54, 1.807) is 0 Å². The Morgan fingerprint density at radius 1 is 1.53 bits per heavy atom. The lowest BCUT2D eigenvalue weighted by Gasteiger charge is -2.29. The zero-order chi connectivity index (χ0) is 11.3. The summed E-state index contributed by atoms with van der Waals surface area (Å²) in [4.78, 5) is 4.34. The summed E-state index contributed by atoms with van der Waals surface area (Å²) in [6, 6.07) is 0.430. The third-order valence-electron chi connectivity index (χ3n) is 3.37. The second-order valence-corrected chi connectivity index (χ2v) is 4.45.